The number of aromatic hydroxyl groups is 1. The molecule has 0 spiro atoms. The molecular formula is C12H10O6. The van der Waals surface area contributed by atoms with Crippen molar-refractivity contribution in [3.63, 3.8) is 0 Å². The molecule has 0 heterocycles. The number of allylic oxidation sites excluding steroid dienone is 2. The average molecular weight is 250 g/mol. The van der Waals surface area contributed by atoms with E-state index in [4.69, 9.17) is 9.47 Å². The van der Waals surface area contributed by atoms with Crippen LogP contribution < -0.4 is 4.74 Å². The highest BCUT2D eigenvalue weighted by Crippen LogP contribution is 2.34. The number of aliphatic hydroxyl groups excluding tert-OH is 1. The van der Waals surface area contributed by atoms with E-state index in [-0.39, 0.29) is 16.9 Å². The van der Waals surface area contributed by atoms with Crippen molar-refractivity contribution in [3.05, 3.63) is 34.8 Å². The largest absolute Gasteiger partial charge is 0.507 e. The van der Waals surface area contributed by atoms with E-state index in [9.17, 15) is 19.8 Å². The molecule has 0 fully saturated rings. The molecule has 0 atom stereocenters. The summed E-state index contributed by atoms with van der Waals surface area (Å²) in [6.45, 7) is 0. The van der Waals surface area contributed by atoms with Gasteiger partial charge in [-0.2, -0.15) is 0 Å². The van der Waals surface area contributed by atoms with Crippen LogP contribution in [-0.2, 0) is 4.74 Å². The molecule has 0 unspecified atom stereocenters. The fourth-order valence-electron chi connectivity index (χ4n) is 1.78. The number of ketones is 2. The molecule has 18 heavy (non-hydrogen) atoms. The van der Waals surface area contributed by atoms with Crippen LogP contribution in [0.2, 0.25) is 0 Å². The second-order valence-corrected chi connectivity index (χ2v) is 3.61. The number of carbonyl (C=O) groups is 2. The van der Waals surface area contributed by atoms with Gasteiger partial charge < -0.3 is 19.7 Å². The van der Waals surface area contributed by atoms with Gasteiger partial charge in [0.15, 0.2) is 0 Å². The minimum atomic E-state index is -0.860. The summed E-state index contributed by atoms with van der Waals surface area (Å²) in [6.07, 6.45) is 0. The van der Waals surface area contributed by atoms with Crippen LogP contribution in [0.5, 0.6) is 11.5 Å². The summed E-state index contributed by atoms with van der Waals surface area (Å²) in [5, 5.41) is 19.3. The molecule has 2 rings (SSSR count). The molecule has 1 aromatic rings. The standard InChI is InChI=1S/C12H10O6/c1-17-5-3-6-8(7(13)4-5)10(15)11(16)12(18-2)9(6)14/h3-4,13,16H,1-2H3. The van der Waals surface area contributed by atoms with Gasteiger partial charge in [-0.1, -0.05) is 0 Å². The molecule has 6 nitrogen and oxygen atoms in total. The van der Waals surface area contributed by atoms with Gasteiger partial charge in [0.2, 0.25) is 23.1 Å². The Morgan fingerprint density at radius 3 is 2.22 bits per heavy atom. The number of carbonyl (C=O) groups excluding carboxylic acids is 2. The van der Waals surface area contributed by atoms with Crippen molar-refractivity contribution in [2.24, 2.45) is 0 Å². The number of fused-ring (bicyclic) bond motifs is 1. The molecule has 2 N–H and O–H groups in total. The summed E-state index contributed by atoms with van der Waals surface area (Å²) in [7, 11) is 2.53. The van der Waals surface area contributed by atoms with Gasteiger partial charge in [-0.3, -0.25) is 9.59 Å². The van der Waals surface area contributed by atoms with Gasteiger partial charge in [0.05, 0.1) is 19.8 Å². The number of phenolic OH excluding ortho intramolecular Hbond substituents is 1. The molecule has 1 aliphatic rings. The van der Waals surface area contributed by atoms with E-state index in [1.54, 1.807) is 0 Å². The van der Waals surface area contributed by atoms with Crippen molar-refractivity contribution in [1.29, 1.82) is 0 Å². The normalized spacial score (nSPS) is 14.6. The highest BCUT2D eigenvalue weighted by Gasteiger charge is 2.36. The molecule has 0 radical (unpaired) electrons. The fraction of sp³-hybridized carbons (Fsp3) is 0.167. The van der Waals surface area contributed by atoms with Gasteiger partial charge in [-0.15, -0.1) is 0 Å². The predicted molar refractivity (Wildman–Crippen MR) is 60.0 cm³/mol. The lowest BCUT2D eigenvalue weighted by Gasteiger charge is -2.18. The Balaban J connectivity index is 2.73. The number of aliphatic hydroxyl groups is 1. The Morgan fingerprint density at radius 1 is 1.00 bits per heavy atom. The zero-order valence-electron chi connectivity index (χ0n) is 9.68. The number of methoxy groups -OCH3 is 2. The Kier molecular flexibility index (Phi) is 2.70. The number of rotatable bonds is 2. The minimum absolute atomic E-state index is 0.0634. The third kappa shape index (κ3) is 1.50. The van der Waals surface area contributed by atoms with Crippen molar-refractivity contribution in [1.82, 2.24) is 0 Å². The molecule has 0 amide bonds. The zero-order valence-corrected chi connectivity index (χ0v) is 9.68. The van der Waals surface area contributed by atoms with E-state index < -0.39 is 28.8 Å². The Hall–Kier alpha value is -2.50. The molecule has 94 valence electrons. The molecule has 0 saturated carbocycles. The second-order valence-electron chi connectivity index (χ2n) is 3.61. The van der Waals surface area contributed by atoms with Crippen molar-refractivity contribution < 1.29 is 29.3 Å². The monoisotopic (exact) mass is 250 g/mol. The van der Waals surface area contributed by atoms with Crippen molar-refractivity contribution in [3.8, 4) is 11.5 Å². The van der Waals surface area contributed by atoms with Crippen LogP contribution in [0.25, 0.3) is 0 Å². The van der Waals surface area contributed by atoms with Crippen LogP contribution in [0, 0.1) is 0 Å². The Morgan fingerprint density at radius 2 is 1.67 bits per heavy atom. The molecule has 0 saturated heterocycles. The Bertz CT molecular complexity index is 584. The predicted octanol–water partition coefficient (Wildman–Crippen LogP) is 1.20. The van der Waals surface area contributed by atoms with Crippen LogP contribution >= 0.6 is 0 Å². The van der Waals surface area contributed by atoms with Crippen LogP contribution in [0.3, 0.4) is 0 Å². The van der Waals surface area contributed by atoms with E-state index in [0.29, 0.717) is 0 Å². The van der Waals surface area contributed by atoms with Crippen molar-refractivity contribution in [2.45, 2.75) is 0 Å². The van der Waals surface area contributed by atoms with Gasteiger partial charge >= 0.3 is 0 Å². The number of hydrogen-bond acceptors (Lipinski definition) is 6. The first-order valence-electron chi connectivity index (χ1n) is 4.98. The average Bonchev–Trinajstić information content (AvgIpc) is 2.36. The lowest BCUT2D eigenvalue weighted by Crippen LogP contribution is -2.23. The first-order valence-corrected chi connectivity index (χ1v) is 4.98. The maximum Gasteiger partial charge on any atom is 0.235 e. The van der Waals surface area contributed by atoms with Crippen LogP contribution in [0.15, 0.2) is 23.7 Å². The van der Waals surface area contributed by atoms with Crippen LogP contribution in [0.4, 0.5) is 0 Å². The maximum atomic E-state index is 12.0. The van der Waals surface area contributed by atoms with E-state index in [1.807, 2.05) is 0 Å². The van der Waals surface area contributed by atoms with Crippen molar-refractivity contribution in [2.75, 3.05) is 14.2 Å². The van der Waals surface area contributed by atoms with Gasteiger partial charge in [-0.25, -0.2) is 0 Å². The number of Topliss-reactive ketones (excluding diaryl/α,β-unsaturated/α-hetero) is 2. The highest BCUT2D eigenvalue weighted by atomic mass is 16.5. The summed E-state index contributed by atoms with van der Waals surface area (Å²) in [5.41, 5.74) is -0.314. The third-order valence-electron chi connectivity index (χ3n) is 2.64. The van der Waals surface area contributed by atoms with Crippen LogP contribution in [-0.4, -0.2) is 36.0 Å². The van der Waals surface area contributed by atoms with E-state index in [2.05, 4.69) is 0 Å². The lowest BCUT2D eigenvalue weighted by molar-refractivity contribution is 0.0852. The highest BCUT2D eigenvalue weighted by molar-refractivity contribution is 6.26. The molecule has 6 heteroatoms. The number of hydrogen-bond donors (Lipinski definition) is 2. The number of ether oxygens (including phenoxy) is 2. The quantitative estimate of drug-likeness (QED) is 0.819. The summed E-state index contributed by atoms with van der Waals surface area (Å²) in [4.78, 5) is 23.8. The SMILES string of the molecule is COC1=C(O)C(=O)c2c(O)cc(OC)cc2C1=O. The topological polar surface area (TPSA) is 93.1 Å². The smallest absolute Gasteiger partial charge is 0.235 e. The fourth-order valence-corrected chi connectivity index (χ4v) is 1.78. The second kappa shape index (κ2) is 4.06. The summed E-state index contributed by atoms with van der Waals surface area (Å²) >= 11 is 0. The summed E-state index contributed by atoms with van der Waals surface area (Å²) < 4.78 is 9.59. The summed E-state index contributed by atoms with van der Waals surface area (Å²) in [6, 6.07) is 2.50. The van der Waals surface area contributed by atoms with E-state index >= 15 is 0 Å². The zero-order chi connectivity index (χ0) is 13.4. The Labute approximate surface area is 102 Å². The number of benzene rings is 1. The lowest BCUT2D eigenvalue weighted by atomic mass is 9.91. The molecule has 1 aliphatic carbocycles. The van der Waals surface area contributed by atoms with Gasteiger partial charge in [0.25, 0.3) is 0 Å². The first kappa shape index (κ1) is 12.0. The molecule has 0 bridgehead atoms. The van der Waals surface area contributed by atoms with E-state index in [0.717, 1.165) is 0 Å². The third-order valence-corrected chi connectivity index (χ3v) is 2.64. The summed E-state index contributed by atoms with van der Waals surface area (Å²) in [5.74, 6) is -3.00. The van der Waals surface area contributed by atoms with Gasteiger partial charge in [0, 0.05) is 11.6 Å². The van der Waals surface area contributed by atoms with Gasteiger partial charge in [-0.05, 0) is 6.07 Å². The maximum absolute atomic E-state index is 12.0. The molecular weight excluding hydrogens is 240 g/mol. The number of phenols is 1. The molecule has 0 aromatic heterocycles. The first-order chi connectivity index (χ1) is 8.51. The van der Waals surface area contributed by atoms with E-state index in [1.165, 1.54) is 26.4 Å². The van der Waals surface area contributed by atoms with Crippen LogP contribution in [0.1, 0.15) is 20.7 Å². The minimum Gasteiger partial charge on any atom is -0.507 e. The molecule has 0 aliphatic heterocycles. The van der Waals surface area contributed by atoms with Gasteiger partial charge in [0.1, 0.15) is 11.5 Å². The van der Waals surface area contributed by atoms with Crippen molar-refractivity contribution >= 4 is 11.6 Å². The molecule has 1 aromatic carbocycles.